The molecule has 4 aromatic rings. The number of allylic oxidation sites excluding steroid dienone is 1. The summed E-state index contributed by atoms with van der Waals surface area (Å²) in [4.78, 5) is 13.4. The maximum Gasteiger partial charge on any atom is 0.194 e. The summed E-state index contributed by atoms with van der Waals surface area (Å²) in [7, 11) is -3.20. The fourth-order valence-electron chi connectivity index (χ4n) is 4.71. The van der Waals surface area contributed by atoms with E-state index in [9.17, 15) is 13.2 Å². The molecule has 0 atom stereocenters. The number of ether oxygens (including phenoxy) is 1. The van der Waals surface area contributed by atoms with Crippen molar-refractivity contribution < 1.29 is 22.3 Å². The monoisotopic (exact) mass is 565 g/mol. The number of halogens is 2. The Hall–Kier alpha value is -3.95. The number of hydrogen-bond acceptors (Lipinski definition) is 6. The molecule has 200 valence electrons. The molecule has 10 heteroatoms. The quantitative estimate of drug-likeness (QED) is 0.275. The number of carbonyl (C=O) groups excluding carboxylic acids is 1. The Kier molecular flexibility index (Phi) is 6.82. The second kappa shape index (κ2) is 9.98. The topological polar surface area (TPSA) is 104 Å². The molecule has 0 amide bonds. The van der Waals surface area contributed by atoms with Crippen LogP contribution in [0.1, 0.15) is 38.2 Å². The van der Waals surface area contributed by atoms with Crippen molar-refractivity contribution in [3.63, 3.8) is 0 Å². The Morgan fingerprint density at radius 2 is 1.90 bits per heavy atom. The molecule has 0 fully saturated rings. The Bertz CT molecular complexity index is 1770. The third kappa shape index (κ3) is 5.32. The van der Waals surface area contributed by atoms with Crippen molar-refractivity contribution in [1.29, 1.82) is 0 Å². The van der Waals surface area contributed by atoms with Crippen LogP contribution in [-0.2, 0) is 22.0 Å². The molecule has 1 heterocycles. The average molecular weight is 566 g/mol. The van der Waals surface area contributed by atoms with E-state index in [0.717, 1.165) is 16.7 Å². The summed E-state index contributed by atoms with van der Waals surface area (Å²) in [6.45, 7) is 3.53. The van der Waals surface area contributed by atoms with Gasteiger partial charge in [-0.05, 0) is 65.9 Å². The highest BCUT2D eigenvalue weighted by Crippen LogP contribution is 2.34. The van der Waals surface area contributed by atoms with Gasteiger partial charge in [0.05, 0.1) is 22.5 Å². The third-order valence-electron chi connectivity index (χ3n) is 6.57. The van der Waals surface area contributed by atoms with E-state index in [1.54, 1.807) is 43.3 Å². The molecule has 5 rings (SSSR count). The van der Waals surface area contributed by atoms with Crippen molar-refractivity contribution in [3.05, 3.63) is 105 Å². The molecule has 0 bridgehead atoms. The van der Waals surface area contributed by atoms with E-state index in [2.05, 4.69) is 5.10 Å². The number of nitrogen functional groups attached to an aromatic ring is 1. The van der Waals surface area contributed by atoms with Gasteiger partial charge in [-0.2, -0.15) is 5.10 Å². The molecule has 0 saturated carbocycles. The fraction of sp³-hybridized carbons (Fsp3) is 0.172. The smallest absolute Gasteiger partial charge is 0.194 e. The molecule has 0 aliphatic heterocycles. The Morgan fingerprint density at radius 1 is 1.15 bits per heavy atom. The van der Waals surface area contributed by atoms with Crippen LogP contribution in [0.4, 0.5) is 10.2 Å². The highest BCUT2D eigenvalue weighted by molar-refractivity contribution is 7.89. The van der Waals surface area contributed by atoms with E-state index in [4.69, 9.17) is 22.1 Å². The zero-order valence-corrected chi connectivity index (χ0v) is 23.0. The van der Waals surface area contributed by atoms with Crippen LogP contribution in [0.5, 0.6) is 11.5 Å². The first-order chi connectivity index (χ1) is 18.4. The lowest BCUT2D eigenvalue weighted by atomic mass is 10.0. The minimum absolute atomic E-state index is 0.00701. The molecule has 7 nitrogen and oxygen atoms in total. The zero-order valence-electron chi connectivity index (χ0n) is 21.5. The number of hydrogen-bond donors (Lipinski definition) is 1. The SMILES string of the molecule is Cc1cc2c(cc1CS(C)(=O)=O)CC(C(=O)c1cnn(-c3c(C)cc(Oc4ccccc4Cl)cc3F)c1N)=C2. The molecule has 1 aromatic heterocycles. The molecular formula is C29H25ClFN3O4S. The first kappa shape index (κ1) is 26.6. The van der Waals surface area contributed by atoms with Crippen LogP contribution in [0.3, 0.4) is 0 Å². The van der Waals surface area contributed by atoms with Crippen LogP contribution >= 0.6 is 11.6 Å². The highest BCUT2D eigenvalue weighted by atomic mass is 35.5. The Morgan fingerprint density at radius 3 is 2.59 bits per heavy atom. The van der Waals surface area contributed by atoms with Gasteiger partial charge < -0.3 is 10.5 Å². The number of anilines is 1. The van der Waals surface area contributed by atoms with Gasteiger partial charge in [0.25, 0.3) is 0 Å². The van der Waals surface area contributed by atoms with Crippen LogP contribution in [0.15, 0.2) is 60.3 Å². The number of nitrogens with two attached hydrogens (primary N) is 1. The van der Waals surface area contributed by atoms with Gasteiger partial charge in [-0.25, -0.2) is 17.5 Å². The summed E-state index contributed by atoms with van der Waals surface area (Å²) >= 11 is 6.15. The Labute approximate surface area is 230 Å². The molecule has 0 unspecified atom stereocenters. The standard InChI is InChI=1S/C29H25ClFN3O4S/c1-16-8-18-10-20(11-19(18)12-21(16)15-39(3,36)37)28(35)23-14-33-34(29(23)32)27-17(2)9-22(13-25(27)31)38-26-7-5-4-6-24(26)30/h4-10,12-14H,11,15,32H2,1-3H3. The number of nitrogens with zero attached hydrogens (tertiary/aromatic N) is 2. The number of benzene rings is 3. The summed E-state index contributed by atoms with van der Waals surface area (Å²) in [5, 5.41) is 4.61. The predicted molar refractivity (Wildman–Crippen MR) is 150 cm³/mol. The fourth-order valence-corrected chi connectivity index (χ4v) is 5.76. The number of Topliss-reactive ketones (excluding diaryl/α,β-unsaturated/α-hetero) is 1. The number of para-hydroxylation sites is 1. The molecule has 39 heavy (non-hydrogen) atoms. The van der Waals surface area contributed by atoms with Gasteiger partial charge in [-0.3, -0.25) is 4.79 Å². The van der Waals surface area contributed by atoms with Gasteiger partial charge in [-0.1, -0.05) is 35.9 Å². The second-order valence-corrected chi connectivity index (χ2v) is 12.2. The van der Waals surface area contributed by atoms with Crippen molar-refractivity contribution in [2.75, 3.05) is 12.0 Å². The minimum atomic E-state index is -3.20. The van der Waals surface area contributed by atoms with Crippen LogP contribution in [0.2, 0.25) is 5.02 Å². The zero-order chi connectivity index (χ0) is 28.1. The molecular weight excluding hydrogens is 541 g/mol. The number of fused-ring (bicyclic) bond motifs is 1. The van der Waals surface area contributed by atoms with Crippen LogP contribution in [0, 0.1) is 19.7 Å². The Balaban J connectivity index is 1.41. The number of rotatable bonds is 7. The summed E-state index contributed by atoms with van der Waals surface area (Å²) in [6.07, 6.45) is 4.63. The van der Waals surface area contributed by atoms with Gasteiger partial charge in [0.1, 0.15) is 23.0 Å². The van der Waals surface area contributed by atoms with Crippen molar-refractivity contribution in [2.24, 2.45) is 0 Å². The van der Waals surface area contributed by atoms with Gasteiger partial charge >= 0.3 is 0 Å². The van der Waals surface area contributed by atoms with E-state index in [-0.39, 0.29) is 34.4 Å². The van der Waals surface area contributed by atoms with Gasteiger partial charge in [-0.15, -0.1) is 0 Å². The molecule has 1 aliphatic rings. The summed E-state index contributed by atoms with van der Waals surface area (Å²) in [5.74, 6) is -0.374. The maximum absolute atomic E-state index is 15.3. The van der Waals surface area contributed by atoms with Gasteiger partial charge in [0.15, 0.2) is 21.4 Å². The first-order valence-corrected chi connectivity index (χ1v) is 14.5. The maximum atomic E-state index is 15.3. The van der Waals surface area contributed by atoms with Crippen molar-refractivity contribution >= 4 is 39.1 Å². The lowest BCUT2D eigenvalue weighted by Gasteiger charge is -2.13. The molecule has 0 radical (unpaired) electrons. The lowest BCUT2D eigenvalue weighted by Crippen LogP contribution is -2.10. The van der Waals surface area contributed by atoms with Crippen LogP contribution in [0.25, 0.3) is 11.8 Å². The number of aromatic nitrogens is 2. The molecule has 0 saturated heterocycles. The molecule has 2 N–H and O–H groups in total. The van der Waals surface area contributed by atoms with Crippen molar-refractivity contribution in [3.8, 4) is 17.2 Å². The summed E-state index contributed by atoms with van der Waals surface area (Å²) in [6, 6.07) is 13.4. The number of sulfone groups is 1. The first-order valence-electron chi connectivity index (χ1n) is 12.0. The molecule has 3 aromatic carbocycles. The van der Waals surface area contributed by atoms with Crippen molar-refractivity contribution in [2.45, 2.75) is 26.0 Å². The molecule has 1 aliphatic carbocycles. The van der Waals surface area contributed by atoms with E-state index < -0.39 is 15.7 Å². The molecule has 0 spiro atoms. The highest BCUT2D eigenvalue weighted by Gasteiger charge is 2.26. The summed E-state index contributed by atoms with van der Waals surface area (Å²) < 4.78 is 45.8. The van der Waals surface area contributed by atoms with E-state index in [1.165, 1.54) is 23.2 Å². The lowest BCUT2D eigenvalue weighted by molar-refractivity contribution is 0.103. The number of carbonyl (C=O) groups is 1. The number of ketones is 1. The predicted octanol–water partition coefficient (Wildman–Crippen LogP) is 6.02. The van der Waals surface area contributed by atoms with E-state index >= 15 is 4.39 Å². The minimum Gasteiger partial charge on any atom is -0.456 e. The van der Waals surface area contributed by atoms with Gasteiger partial charge in [0.2, 0.25) is 0 Å². The third-order valence-corrected chi connectivity index (χ3v) is 7.72. The van der Waals surface area contributed by atoms with E-state index in [1.807, 2.05) is 19.1 Å². The summed E-state index contributed by atoms with van der Waals surface area (Å²) in [5.41, 5.74) is 10.8. The van der Waals surface area contributed by atoms with Crippen molar-refractivity contribution in [1.82, 2.24) is 9.78 Å². The van der Waals surface area contributed by atoms with E-state index in [0.29, 0.717) is 33.9 Å². The second-order valence-electron chi connectivity index (χ2n) is 9.68. The van der Waals surface area contributed by atoms with Crippen LogP contribution < -0.4 is 10.5 Å². The normalized spacial score (nSPS) is 12.8. The number of aryl methyl sites for hydroxylation is 2. The average Bonchev–Trinajstić information content (AvgIpc) is 3.42. The van der Waals surface area contributed by atoms with Crippen LogP contribution in [-0.4, -0.2) is 30.2 Å². The largest absolute Gasteiger partial charge is 0.456 e. The van der Waals surface area contributed by atoms with Gasteiger partial charge in [0, 0.05) is 24.3 Å².